The lowest BCUT2D eigenvalue weighted by Gasteiger charge is -2.48. The summed E-state index contributed by atoms with van der Waals surface area (Å²) in [6.07, 6.45) is 25.1. The van der Waals surface area contributed by atoms with Gasteiger partial charge in [-0.05, 0) is 38.5 Å². The Kier molecular flexibility index (Phi) is 41.5. The van der Waals surface area contributed by atoms with E-state index in [1.165, 1.54) is 128 Å². The molecule has 19 nitrogen and oxygen atoms in total. The number of hydrogen-bond acceptors (Lipinski definition) is 18. The van der Waals surface area contributed by atoms with Gasteiger partial charge in [0.25, 0.3) is 0 Å². The first-order valence-electron chi connectivity index (χ1n) is 31.9. The van der Waals surface area contributed by atoms with Crippen molar-refractivity contribution in [1.82, 2.24) is 5.32 Å². The van der Waals surface area contributed by atoms with Gasteiger partial charge in [0.05, 0.1) is 38.6 Å². The number of nitrogens with one attached hydrogen (secondary N) is 1. The molecule has 3 aliphatic rings. The van der Waals surface area contributed by atoms with Crippen LogP contribution in [0, 0.1) is 0 Å². The number of amides is 1. The Morgan fingerprint density at radius 2 is 0.817 bits per heavy atom. The molecule has 0 radical (unpaired) electrons. The van der Waals surface area contributed by atoms with Crippen molar-refractivity contribution in [2.45, 2.75) is 317 Å². The van der Waals surface area contributed by atoms with Crippen LogP contribution in [0.3, 0.4) is 0 Å². The highest BCUT2D eigenvalue weighted by atomic mass is 16.8. The standard InChI is InChI=1S/C63H113NO18/c1-3-5-7-9-11-13-15-17-18-19-20-21-22-23-24-25-26-27-29-30-32-34-36-38-40-47(68)46(64-51(69)41-39-37-35-33-31-28-16-14-12-10-8-6-4-2)45-77-61-57(75)54(72)59(49(43-66)79-61)82-63-58(76)55(73)60(50(44-67)80-63)81-62-56(74)53(71)52(70)48(42-65)78-62/h6,8,12,14,28,31,35,37,46-50,52-63,65-68,70-76H,3-5,7,9-11,13,15-27,29-30,32-34,36,38-45H2,1-2H3,(H,64,69)/b8-6-,14-12-,31-28-,37-35-. The second-order valence-corrected chi connectivity index (χ2v) is 22.8. The molecule has 3 rings (SSSR count). The number of aliphatic hydroxyl groups is 11. The van der Waals surface area contributed by atoms with Crippen LogP contribution in [0.15, 0.2) is 48.6 Å². The Bertz CT molecular complexity index is 1680. The molecule has 0 aliphatic carbocycles. The Balaban J connectivity index is 1.46. The average molecular weight is 1170 g/mol. The Morgan fingerprint density at radius 1 is 0.451 bits per heavy atom. The van der Waals surface area contributed by atoms with Crippen molar-refractivity contribution >= 4 is 5.91 Å². The third-order valence-corrected chi connectivity index (χ3v) is 15.9. The second kappa shape index (κ2) is 46.0. The third kappa shape index (κ3) is 29.0. The number of carbonyl (C=O) groups is 1. The summed E-state index contributed by atoms with van der Waals surface area (Å²) < 4.78 is 34.3. The molecule has 19 heteroatoms. The number of allylic oxidation sites excluding steroid dienone is 8. The van der Waals surface area contributed by atoms with E-state index in [-0.39, 0.29) is 18.9 Å². The predicted molar refractivity (Wildman–Crippen MR) is 314 cm³/mol. The van der Waals surface area contributed by atoms with Crippen molar-refractivity contribution in [3.8, 4) is 0 Å². The lowest BCUT2D eigenvalue weighted by atomic mass is 9.96. The normalized spacial score (nSPS) is 29.9. The summed E-state index contributed by atoms with van der Waals surface area (Å²) in [5, 5.41) is 120. The van der Waals surface area contributed by atoms with Crippen molar-refractivity contribution in [2.24, 2.45) is 0 Å². The van der Waals surface area contributed by atoms with Crippen LogP contribution in [-0.2, 0) is 33.2 Å². The van der Waals surface area contributed by atoms with Gasteiger partial charge in [-0.15, -0.1) is 0 Å². The van der Waals surface area contributed by atoms with Gasteiger partial charge < -0.3 is 89.9 Å². The smallest absolute Gasteiger partial charge is 0.220 e. The third-order valence-electron chi connectivity index (χ3n) is 15.9. The zero-order valence-electron chi connectivity index (χ0n) is 50.0. The molecule has 3 fully saturated rings. The molecular weight excluding hydrogens is 1060 g/mol. The molecule has 0 aromatic rings. The number of carbonyl (C=O) groups excluding carboxylic acids is 1. The number of unbranched alkanes of at least 4 members (excludes halogenated alkanes) is 23. The van der Waals surface area contributed by atoms with E-state index >= 15 is 0 Å². The van der Waals surface area contributed by atoms with Crippen molar-refractivity contribution < 1.29 is 89.4 Å². The first-order chi connectivity index (χ1) is 39.8. The van der Waals surface area contributed by atoms with Gasteiger partial charge in [0.15, 0.2) is 18.9 Å². The highest BCUT2D eigenvalue weighted by molar-refractivity contribution is 5.76. The number of ether oxygens (including phenoxy) is 6. The minimum absolute atomic E-state index is 0.144. The van der Waals surface area contributed by atoms with E-state index in [2.05, 4.69) is 55.6 Å². The van der Waals surface area contributed by atoms with Crippen molar-refractivity contribution in [3.63, 3.8) is 0 Å². The quantitative estimate of drug-likeness (QED) is 0.0224. The molecule has 17 unspecified atom stereocenters. The summed E-state index contributed by atoms with van der Waals surface area (Å²) in [7, 11) is 0. The molecule has 3 heterocycles. The zero-order valence-corrected chi connectivity index (χ0v) is 50.0. The number of aliphatic hydroxyl groups excluding tert-OH is 11. The SMILES string of the molecule is CC/C=C\C/C=C\C/C=C\C/C=C\CCC(=O)NC(COC1OC(CO)C(OC2OC(CO)C(OC3OC(CO)C(O)C(O)C3O)C(O)C2O)C(O)C1O)C(O)CCCCCCCCCCCCCCCCCCCCCCCCCC. The first kappa shape index (κ1) is 74.0. The molecule has 1 amide bonds. The summed E-state index contributed by atoms with van der Waals surface area (Å²) in [6, 6.07) is -0.926. The molecule has 478 valence electrons. The number of rotatable bonds is 47. The van der Waals surface area contributed by atoms with E-state index < -0.39 is 124 Å². The summed E-state index contributed by atoms with van der Waals surface area (Å²) in [5.74, 6) is -0.322. The summed E-state index contributed by atoms with van der Waals surface area (Å²) in [6.45, 7) is 1.62. The van der Waals surface area contributed by atoms with Gasteiger partial charge in [-0.3, -0.25) is 4.79 Å². The van der Waals surface area contributed by atoms with Gasteiger partial charge in [0.2, 0.25) is 5.91 Å². The minimum atomic E-state index is -1.98. The summed E-state index contributed by atoms with van der Waals surface area (Å²) in [4.78, 5) is 13.3. The molecule has 0 spiro atoms. The fraction of sp³-hybridized carbons (Fsp3) is 0.857. The van der Waals surface area contributed by atoms with E-state index in [1.54, 1.807) is 0 Å². The van der Waals surface area contributed by atoms with Gasteiger partial charge in [-0.2, -0.15) is 0 Å². The van der Waals surface area contributed by atoms with Crippen LogP contribution in [-0.4, -0.2) is 193 Å². The molecule has 82 heavy (non-hydrogen) atoms. The molecule has 17 atom stereocenters. The zero-order chi connectivity index (χ0) is 59.7. The van der Waals surface area contributed by atoms with Gasteiger partial charge in [0.1, 0.15) is 73.2 Å². The molecule has 3 aliphatic heterocycles. The van der Waals surface area contributed by atoms with E-state index in [0.29, 0.717) is 19.3 Å². The fourth-order valence-electron chi connectivity index (χ4n) is 10.7. The van der Waals surface area contributed by atoms with Crippen LogP contribution < -0.4 is 5.32 Å². The van der Waals surface area contributed by atoms with E-state index in [9.17, 15) is 61.0 Å². The van der Waals surface area contributed by atoms with Crippen LogP contribution >= 0.6 is 0 Å². The van der Waals surface area contributed by atoms with Crippen molar-refractivity contribution in [3.05, 3.63) is 48.6 Å². The fourth-order valence-corrected chi connectivity index (χ4v) is 10.7. The maximum absolute atomic E-state index is 13.3. The average Bonchev–Trinajstić information content (AvgIpc) is 3.42. The van der Waals surface area contributed by atoms with Gasteiger partial charge in [-0.1, -0.05) is 217 Å². The van der Waals surface area contributed by atoms with E-state index in [0.717, 1.165) is 44.9 Å². The molecular formula is C63H113NO18. The van der Waals surface area contributed by atoms with Gasteiger partial charge in [0, 0.05) is 6.42 Å². The Morgan fingerprint density at radius 3 is 1.24 bits per heavy atom. The van der Waals surface area contributed by atoms with Crippen LogP contribution in [0.2, 0.25) is 0 Å². The highest BCUT2D eigenvalue weighted by Crippen LogP contribution is 2.33. The Labute approximate surface area is 491 Å². The maximum atomic E-state index is 13.3. The van der Waals surface area contributed by atoms with Crippen LogP contribution in [0.25, 0.3) is 0 Å². The van der Waals surface area contributed by atoms with Crippen LogP contribution in [0.4, 0.5) is 0 Å². The predicted octanol–water partition coefficient (Wildman–Crippen LogP) is 6.65. The number of hydrogen-bond donors (Lipinski definition) is 12. The minimum Gasteiger partial charge on any atom is -0.394 e. The topological polar surface area (TPSA) is 307 Å². The van der Waals surface area contributed by atoms with E-state index in [4.69, 9.17) is 28.4 Å². The maximum Gasteiger partial charge on any atom is 0.220 e. The first-order valence-corrected chi connectivity index (χ1v) is 31.9. The van der Waals surface area contributed by atoms with Crippen molar-refractivity contribution in [1.29, 1.82) is 0 Å². The monoisotopic (exact) mass is 1170 g/mol. The molecule has 0 saturated carbocycles. The van der Waals surface area contributed by atoms with Gasteiger partial charge >= 0.3 is 0 Å². The lowest BCUT2D eigenvalue weighted by molar-refractivity contribution is -0.379. The lowest BCUT2D eigenvalue weighted by Crippen LogP contribution is -2.66. The van der Waals surface area contributed by atoms with Gasteiger partial charge in [-0.25, -0.2) is 0 Å². The molecule has 0 aromatic carbocycles. The molecule has 3 saturated heterocycles. The summed E-state index contributed by atoms with van der Waals surface area (Å²) in [5.41, 5.74) is 0. The van der Waals surface area contributed by atoms with Crippen LogP contribution in [0.1, 0.15) is 213 Å². The second-order valence-electron chi connectivity index (χ2n) is 22.8. The molecule has 0 aromatic heterocycles. The highest BCUT2D eigenvalue weighted by Gasteiger charge is 2.53. The molecule has 0 bridgehead atoms. The van der Waals surface area contributed by atoms with Crippen LogP contribution in [0.5, 0.6) is 0 Å². The summed E-state index contributed by atoms with van der Waals surface area (Å²) >= 11 is 0. The largest absolute Gasteiger partial charge is 0.394 e. The Hall–Kier alpha value is -2.25. The van der Waals surface area contributed by atoms with E-state index in [1.807, 2.05) is 12.2 Å². The van der Waals surface area contributed by atoms with Crippen molar-refractivity contribution in [2.75, 3.05) is 26.4 Å². The molecule has 12 N–H and O–H groups in total.